The van der Waals surface area contributed by atoms with E-state index in [4.69, 9.17) is 10.2 Å². The van der Waals surface area contributed by atoms with E-state index in [0.717, 1.165) is 25.7 Å². The fourth-order valence-electron chi connectivity index (χ4n) is 2.53. The number of carbonyl (C=O) groups is 1. The van der Waals surface area contributed by atoms with Gasteiger partial charge >= 0.3 is 5.97 Å². The molecule has 0 aromatic carbocycles. The summed E-state index contributed by atoms with van der Waals surface area (Å²) in [4.78, 5) is 10.4. The van der Waals surface area contributed by atoms with Crippen molar-refractivity contribution in [3.63, 3.8) is 0 Å². The Kier molecular flexibility index (Phi) is 15.9. The minimum absolute atomic E-state index is 0.382. The van der Waals surface area contributed by atoms with Gasteiger partial charge in [-0.1, -0.05) is 76.9 Å². The molecule has 0 aromatic rings. The number of rotatable bonds is 16. The van der Waals surface area contributed by atoms with Crippen molar-refractivity contribution < 1.29 is 15.0 Å². The maximum atomic E-state index is 10.4. The van der Waals surface area contributed by atoms with Gasteiger partial charge in [-0.2, -0.15) is 0 Å². The first-order chi connectivity index (χ1) is 10.7. The summed E-state index contributed by atoms with van der Waals surface area (Å²) in [7, 11) is 0. The average Bonchev–Trinajstić information content (AvgIpc) is 2.50. The molecule has 130 valence electrons. The molecule has 0 aromatic heterocycles. The van der Waals surface area contributed by atoms with Crippen LogP contribution in [0.3, 0.4) is 0 Å². The SMILES string of the molecule is CCCCCCCC/C=C/CCCCCCC[C@H](O)C(=O)O. The van der Waals surface area contributed by atoms with Gasteiger partial charge in [0, 0.05) is 0 Å². The van der Waals surface area contributed by atoms with Gasteiger partial charge in [-0.05, 0) is 32.1 Å². The lowest BCUT2D eigenvalue weighted by molar-refractivity contribution is -0.146. The number of hydrogen-bond acceptors (Lipinski definition) is 2. The summed E-state index contributed by atoms with van der Waals surface area (Å²) in [6.45, 7) is 2.25. The second kappa shape index (κ2) is 16.5. The Bertz CT molecular complexity index is 274. The summed E-state index contributed by atoms with van der Waals surface area (Å²) in [5.74, 6) is -1.10. The molecule has 2 N–H and O–H groups in total. The van der Waals surface area contributed by atoms with Crippen LogP contribution < -0.4 is 0 Å². The summed E-state index contributed by atoms with van der Waals surface area (Å²) in [6.07, 6.45) is 19.8. The molecule has 0 fully saturated rings. The Labute approximate surface area is 136 Å². The van der Waals surface area contributed by atoms with Crippen molar-refractivity contribution in [2.45, 2.75) is 103 Å². The van der Waals surface area contributed by atoms with Gasteiger partial charge in [0.15, 0.2) is 6.10 Å². The highest BCUT2D eigenvalue weighted by Crippen LogP contribution is 2.10. The number of aliphatic hydroxyl groups excluding tert-OH is 1. The molecule has 0 spiro atoms. The first-order valence-corrected chi connectivity index (χ1v) is 9.24. The Morgan fingerprint density at radius 2 is 1.27 bits per heavy atom. The predicted molar refractivity (Wildman–Crippen MR) is 93.1 cm³/mol. The normalized spacial score (nSPS) is 12.8. The maximum absolute atomic E-state index is 10.4. The summed E-state index contributed by atoms with van der Waals surface area (Å²) >= 11 is 0. The van der Waals surface area contributed by atoms with Crippen LogP contribution in [0.1, 0.15) is 96.8 Å². The van der Waals surface area contributed by atoms with E-state index in [9.17, 15) is 4.79 Å². The zero-order valence-corrected chi connectivity index (χ0v) is 14.4. The fraction of sp³-hybridized carbons (Fsp3) is 0.842. The van der Waals surface area contributed by atoms with Crippen molar-refractivity contribution in [1.29, 1.82) is 0 Å². The quantitative estimate of drug-likeness (QED) is 0.293. The van der Waals surface area contributed by atoms with Crippen molar-refractivity contribution in [2.24, 2.45) is 0 Å². The molecule has 0 aliphatic heterocycles. The Morgan fingerprint density at radius 3 is 1.77 bits per heavy atom. The van der Waals surface area contributed by atoms with Crippen LogP contribution in [-0.2, 0) is 4.79 Å². The van der Waals surface area contributed by atoms with E-state index in [1.165, 1.54) is 57.8 Å². The van der Waals surface area contributed by atoms with Crippen molar-refractivity contribution >= 4 is 5.97 Å². The third kappa shape index (κ3) is 15.6. The Hall–Kier alpha value is -0.830. The van der Waals surface area contributed by atoms with Crippen LogP contribution in [0.5, 0.6) is 0 Å². The second-order valence-electron chi connectivity index (χ2n) is 6.23. The number of aliphatic carboxylic acids is 1. The highest BCUT2D eigenvalue weighted by atomic mass is 16.4. The number of hydrogen-bond donors (Lipinski definition) is 2. The minimum Gasteiger partial charge on any atom is -0.479 e. The lowest BCUT2D eigenvalue weighted by atomic mass is 10.1. The van der Waals surface area contributed by atoms with Crippen molar-refractivity contribution in [1.82, 2.24) is 0 Å². The van der Waals surface area contributed by atoms with E-state index in [2.05, 4.69) is 19.1 Å². The van der Waals surface area contributed by atoms with Crippen LogP contribution in [0.25, 0.3) is 0 Å². The molecule has 0 saturated heterocycles. The van der Waals surface area contributed by atoms with E-state index >= 15 is 0 Å². The van der Waals surface area contributed by atoms with E-state index < -0.39 is 12.1 Å². The zero-order valence-electron chi connectivity index (χ0n) is 14.4. The van der Waals surface area contributed by atoms with E-state index in [1.807, 2.05) is 0 Å². The van der Waals surface area contributed by atoms with Gasteiger partial charge in [-0.15, -0.1) is 0 Å². The Balaban J connectivity index is 3.16. The molecule has 1 atom stereocenters. The Morgan fingerprint density at radius 1 is 0.818 bits per heavy atom. The van der Waals surface area contributed by atoms with Crippen LogP contribution in [0.4, 0.5) is 0 Å². The monoisotopic (exact) mass is 312 g/mol. The van der Waals surface area contributed by atoms with Crippen LogP contribution >= 0.6 is 0 Å². The van der Waals surface area contributed by atoms with Gasteiger partial charge < -0.3 is 10.2 Å². The average molecular weight is 312 g/mol. The molecule has 0 bridgehead atoms. The van der Waals surface area contributed by atoms with Gasteiger partial charge in [0.25, 0.3) is 0 Å². The number of allylic oxidation sites excluding steroid dienone is 2. The molecule has 0 rings (SSSR count). The molecule has 0 aliphatic carbocycles. The topological polar surface area (TPSA) is 57.5 Å². The first-order valence-electron chi connectivity index (χ1n) is 9.24. The zero-order chi connectivity index (χ0) is 16.5. The van der Waals surface area contributed by atoms with Gasteiger partial charge in [-0.25, -0.2) is 4.79 Å². The second-order valence-corrected chi connectivity index (χ2v) is 6.23. The lowest BCUT2D eigenvalue weighted by Gasteiger charge is -2.04. The van der Waals surface area contributed by atoms with E-state index in [-0.39, 0.29) is 0 Å². The van der Waals surface area contributed by atoms with Gasteiger partial charge in [0.2, 0.25) is 0 Å². The van der Waals surface area contributed by atoms with E-state index in [1.54, 1.807) is 0 Å². The van der Waals surface area contributed by atoms with Crippen molar-refractivity contribution in [3.05, 3.63) is 12.2 Å². The molecular weight excluding hydrogens is 276 g/mol. The maximum Gasteiger partial charge on any atom is 0.332 e. The highest BCUT2D eigenvalue weighted by molar-refractivity contribution is 5.71. The predicted octanol–water partition coefficient (Wildman–Crippen LogP) is 5.47. The standard InChI is InChI=1S/C19H36O3/c1-2-3-4-5-6-7-8-9-10-11-12-13-14-15-16-17-18(20)19(21)22/h9-10,18,20H,2-8,11-17H2,1H3,(H,21,22)/b10-9+/t18-/m0/s1. The highest BCUT2D eigenvalue weighted by Gasteiger charge is 2.11. The minimum atomic E-state index is -1.18. The lowest BCUT2D eigenvalue weighted by Crippen LogP contribution is -2.18. The summed E-state index contributed by atoms with van der Waals surface area (Å²) in [5.41, 5.74) is 0. The third-order valence-corrected chi connectivity index (χ3v) is 4.02. The molecule has 0 radical (unpaired) electrons. The fourth-order valence-corrected chi connectivity index (χ4v) is 2.53. The smallest absolute Gasteiger partial charge is 0.332 e. The molecule has 0 saturated carbocycles. The summed E-state index contributed by atoms with van der Waals surface area (Å²) in [5, 5.41) is 17.7. The molecule has 3 nitrogen and oxygen atoms in total. The largest absolute Gasteiger partial charge is 0.479 e. The molecule has 0 amide bonds. The van der Waals surface area contributed by atoms with E-state index in [0.29, 0.717) is 6.42 Å². The van der Waals surface area contributed by atoms with Crippen molar-refractivity contribution in [3.8, 4) is 0 Å². The summed E-state index contributed by atoms with van der Waals surface area (Å²) < 4.78 is 0. The molecule has 0 aliphatic rings. The molecule has 22 heavy (non-hydrogen) atoms. The first kappa shape index (κ1) is 21.2. The molecule has 0 unspecified atom stereocenters. The van der Waals surface area contributed by atoms with Gasteiger partial charge in [0.05, 0.1) is 0 Å². The van der Waals surface area contributed by atoms with Crippen LogP contribution in [0.15, 0.2) is 12.2 Å². The molecule has 0 heterocycles. The number of unbranched alkanes of at least 4 members (excludes halogenated alkanes) is 11. The van der Waals surface area contributed by atoms with Crippen LogP contribution in [0.2, 0.25) is 0 Å². The number of carboxylic acids is 1. The number of aliphatic hydroxyl groups is 1. The number of carboxylic acid groups (broad SMARTS) is 1. The van der Waals surface area contributed by atoms with Crippen molar-refractivity contribution in [2.75, 3.05) is 0 Å². The van der Waals surface area contributed by atoms with Crippen LogP contribution in [0, 0.1) is 0 Å². The molecular formula is C19H36O3. The van der Waals surface area contributed by atoms with Gasteiger partial charge in [-0.3, -0.25) is 0 Å². The molecule has 3 heteroatoms. The third-order valence-electron chi connectivity index (χ3n) is 4.02. The summed E-state index contributed by atoms with van der Waals surface area (Å²) in [6, 6.07) is 0. The van der Waals surface area contributed by atoms with Gasteiger partial charge in [0.1, 0.15) is 0 Å². The van der Waals surface area contributed by atoms with Crippen LogP contribution in [-0.4, -0.2) is 22.3 Å².